The van der Waals surface area contributed by atoms with Crippen molar-refractivity contribution in [2.75, 3.05) is 5.33 Å². The summed E-state index contributed by atoms with van der Waals surface area (Å²) in [4.78, 5) is 0. The Bertz CT molecular complexity index is 545. The van der Waals surface area contributed by atoms with Gasteiger partial charge >= 0.3 is 0 Å². The number of benzene rings is 2. The van der Waals surface area contributed by atoms with Crippen molar-refractivity contribution in [2.45, 2.75) is 12.7 Å². The second-order valence-corrected chi connectivity index (χ2v) is 5.98. The minimum atomic E-state index is -0.0548. The van der Waals surface area contributed by atoms with Gasteiger partial charge in [0.2, 0.25) is 0 Å². The van der Waals surface area contributed by atoms with Gasteiger partial charge in [0.05, 0.1) is 12.7 Å². The van der Waals surface area contributed by atoms with Crippen LogP contribution < -0.4 is 0 Å². The van der Waals surface area contributed by atoms with Gasteiger partial charge in [-0.05, 0) is 17.7 Å². The Hall–Kier alpha value is -0.350. The zero-order chi connectivity index (χ0) is 13.7. The third-order valence-electron chi connectivity index (χ3n) is 2.79. The summed E-state index contributed by atoms with van der Waals surface area (Å²) in [6, 6.07) is 15.8. The van der Waals surface area contributed by atoms with Crippen LogP contribution in [0.25, 0.3) is 0 Å². The zero-order valence-corrected chi connectivity index (χ0v) is 14.1. The van der Waals surface area contributed by atoms with Crippen LogP contribution in [0.3, 0.4) is 0 Å². The highest BCUT2D eigenvalue weighted by molar-refractivity contribution is 9.10. The SMILES string of the molecule is Clc1ccccc1C(CBr)OCc1ccccc1Br. The maximum Gasteiger partial charge on any atom is 0.0940 e. The summed E-state index contributed by atoms with van der Waals surface area (Å²) in [5.74, 6) is 0. The van der Waals surface area contributed by atoms with Crippen LogP contribution in [0.1, 0.15) is 17.2 Å². The van der Waals surface area contributed by atoms with E-state index >= 15 is 0 Å². The van der Waals surface area contributed by atoms with Gasteiger partial charge < -0.3 is 4.74 Å². The molecular weight excluding hydrogens is 391 g/mol. The van der Waals surface area contributed by atoms with E-state index < -0.39 is 0 Å². The molecule has 2 aromatic rings. The molecule has 0 aliphatic heterocycles. The standard InChI is InChI=1S/C15H13Br2ClO/c16-9-15(12-6-2-4-8-14(12)18)19-10-11-5-1-3-7-13(11)17/h1-8,15H,9-10H2. The first-order valence-corrected chi connectivity index (χ1v) is 8.17. The van der Waals surface area contributed by atoms with Gasteiger partial charge in [0.25, 0.3) is 0 Å². The second kappa shape index (κ2) is 7.44. The van der Waals surface area contributed by atoms with Crippen molar-refractivity contribution in [3.63, 3.8) is 0 Å². The van der Waals surface area contributed by atoms with Crippen molar-refractivity contribution in [1.29, 1.82) is 0 Å². The molecule has 0 saturated carbocycles. The van der Waals surface area contributed by atoms with Crippen LogP contribution in [0, 0.1) is 0 Å². The van der Waals surface area contributed by atoms with Crippen LogP contribution in [0.15, 0.2) is 53.0 Å². The van der Waals surface area contributed by atoms with Gasteiger partial charge in [0.1, 0.15) is 0 Å². The molecule has 1 nitrogen and oxygen atoms in total. The molecule has 4 heteroatoms. The third kappa shape index (κ3) is 4.06. The van der Waals surface area contributed by atoms with E-state index in [4.69, 9.17) is 16.3 Å². The predicted octanol–water partition coefficient (Wildman–Crippen LogP) is 5.76. The third-order valence-corrected chi connectivity index (χ3v) is 4.50. The first-order valence-electron chi connectivity index (χ1n) is 5.87. The van der Waals surface area contributed by atoms with E-state index in [0.717, 1.165) is 20.6 Å². The molecule has 0 fully saturated rings. The number of ether oxygens (including phenoxy) is 1. The van der Waals surface area contributed by atoms with Crippen molar-refractivity contribution in [2.24, 2.45) is 0 Å². The van der Waals surface area contributed by atoms with Crippen molar-refractivity contribution in [3.05, 3.63) is 69.2 Å². The molecular formula is C15H13Br2ClO. The van der Waals surface area contributed by atoms with Crippen LogP contribution in [0.4, 0.5) is 0 Å². The van der Waals surface area contributed by atoms with E-state index in [1.54, 1.807) is 0 Å². The minimum Gasteiger partial charge on any atom is -0.368 e. The number of hydrogen-bond acceptors (Lipinski definition) is 1. The minimum absolute atomic E-state index is 0.0548. The lowest BCUT2D eigenvalue weighted by Crippen LogP contribution is -2.07. The molecule has 0 N–H and O–H groups in total. The Balaban J connectivity index is 2.09. The Morgan fingerprint density at radius 1 is 1.05 bits per heavy atom. The molecule has 0 amide bonds. The smallest absolute Gasteiger partial charge is 0.0940 e. The number of rotatable bonds is 5. The van der Waals surface area contributed by atoms with E-state index in [2.05, 4.69) is 31.9 Å². The molecule has 0 aromatic heterocycles. The lowest BCUT2D eigenvalue weighted by Gasteiger charge is -2.17. The maximum atomic E-state index is 6.20. The highest BCUT2D eigenvalue weighted by Crippen LogP contribution is 2.28. The van der Waals surface area contributed by atoms with E-state index in [1.165, 1.54) is 0 Å². The first-order chi connectivity index (χ1) is 9.22. The predicted molar refractivity (Wildman–Crippen MR) is 86.9 cm³/mol. The van der Waals surface area contributed by atoms with Gasteiger partial charge in [0, 0.05) is 20.4 Å². The summed E-state index contributed by atoms with van der Waals surface area (Å²) >= 11 is 13.2. The monoisotopic (exact) mass is 402 g/mol. The fourth-order valence-electron chi connectivity index (χ4n) is 1.76. The second-order valence-electron chi connectivity index (χ2n) is 4.07. The fraction of sp³-hybridized carbons (Fsp3) is 0.200. The van der Waals surface area contributed by atoms with Crippen molar-refractivity contribution >= 4 is 43.5 Å². The van der Waals surface area contributed by atoms with Crippen molar-refractivity contribution < 1.29 is 4.74 Å². The summed E-state index contributed by atoms with van der Waals surface area (Å²) in [7, 11) is 0. The quantitative estimate of drug-likeness (QED) is 0.576. The number of hydrogen-bond donors (Lipinski definition) is 0. The van der Waals surface area contributed by atoms with Crippen LogP contribution in [0.5, 0.6) is 0 Å². The normalized spacial score (nSPS) is 12.4. The molecule has 19 heavy (non-hydrogen) atoms. The highest BCUT2D eigenvalue weighted by Gasteiger charge is 2.14. The average Bonchev–Trinajstić information content (AvgIpc) is 2.43. The Morgan fingerprint density at radius 3 is 2.42 bits per heavy atom. The molecule has 0 radical (unpaired) electrons. The number of halogens is 3. The molecule has 0 heterocycles. The Kier molecular flexibility index (Phi) is 5.89. The highest BCUT2D eigenvalue weighted by atomic mass is 79.9. The summed E-state index contributed by atoms with van der Waals surface area (Å²) < 4.78 is 7.02. The van der Waals surface area contributed by atoms with Crippen LogP contribution in [-0.4, -0.2) is 5.33 Å². The molecule has 0 aliphatic carbocycles. The number of alkyl halides is 1. The summed E-state index contributed by atoms with van der Waals surface area (Å²) in [5.41, 5.74) is 2.13. The van der Waals surface area contributed by atoms with Gasteiger partial charge in [-0.25, -0.2) is 0 Å². The van der Waals surface area contributed by atoms with Crippen LogP contribution in [-0.2, 0) is 11.3 Å². The Labute approximate surface area is 135 Å². The van der Waals surface area contributed by atoms with E-state index in [9.17, 15) is 0 Å². The van der Waals surface area contributed by atoms with Gasteiger partial charge in [-0.3, -0.25) is 0 Å². The molecule has 0 saturated heterocycles. The zero-order valence-electron chi connectivity index (χ0n) is 10.2. The lowest BCUT2D eigenvalue weighted by atomic mass is 10.1. The molecule has 2 rings (SSSR count). The summed E-state index contributed by atoms with van der Waals surface area (Å²) in [6.45, 7) is 0.545. The van der Waals surface area contributed by atoms with Crippen LogP contribution in [0.2, 0.25) is 5.02 Å². The summed E-state index contributed by atoms with van der Waals surface area (Å²) in [6.07, 6.45) is -0.0548. The fourth-order valence-corrected chi connectivity index (χ4v) is 2.95. The largest absolute Gasteiger partial charge is 0.368 e. The molecule has 0 bridgehead atoms. The molecule has 1 atom stereocenters. The molecule has 1 unspecified atom stereocenters. The van der Waals surface area contributed by atoms with Crippen LogP contribution >= 0.6 is 43.5 Å². The van der Waals surface area contributed by atoms with Crippen molar-refractivity contribution in [1.82, 2.24) is 0 Å². The van der Waals surface area contributed by atoms with E-state index in [0.29, 0.717) is 11.9 Å². The maximum absolute atomic E-state index is 6.20. The topological polar surface area (TPSA) is 9.23 Å². The van der Waals surface area contributed by atoms with E-state index in [1.807, 2.05) is 48.5 Å². The molecule has 0 aliphatic rings. The van der Waals surface area contributed by atoms with Crippen molar-refractivity contribution in [3.8, 4) is 0 Å². The van der Waals surface area contributed by atoms with Gasteiger partial charge in [-0.1, -0.05) is 79.9 Å². The van der Waals surface area contributed by atoms with E-state index in [-0.39, 0.29) is 6.10 Å². The lowest BCUT2D eigenvalue weighted by molar-refractivity contribution is 0.0563. The molecule has 0 spiro atoms. The van der Waals surface area contributed by atoms with Gasteiger partial charge in [0.15, 0.2) is 0 Å². The average molecular weight is 405 g/mol. The first kappa shape index (κ1) is 15.0. The molecule has 2 aromatic carbocycles. The van der Waals surface area contributed by atoms with Gasteiger partial charge in [-0.15, -0.1) is 0 Å². The Morgan fingerprint density at radius 2 is 1.74 bits per heavy atom. The van der Waals surface area contributed by atoms with Gasteiger partial charge in [-0.2, -0.15) is 0 Å². The molecule has 100 valence electrons. The summed E-state index contributed by atoms with van der Waals surface area (Å²) in [5, 5.41) is 1.44.